The minimum atomic E-state index is -3.80. The largest absolute Gasteiger partial charge is 0.454 e. The number of carbonyl (C=O) groups excluding carboxylic acids is 1. The molecule has 0 bridgehead atoms. The van der Waals surface area contributed by atoms with Crippen LogP contribution in [0.2, 0.25) is 0 Å². The van der Waals surface area contributed by atoms with Gasteiger partial charge in [-0.2, -0.15) is 0 Å². The van der Waals surface area contributed by atoms with Crippen molar-refractivity contribution in [3.05, 3.63) is 42.0 Å². The third-order valence-electron chi connectivity index (χ3n) is 4.96. The van der Waals surface area contributed by atoms with E-state index in [1.807, 2.05) is 13.8 Å². The van der Waals surface area contributed by atoms with E-state index in [1.165, 1.54) is 6.07 Å². The maximum absolute atomic E-state index is 12.9. The average Bonchev–Trinajstić information content (AvgIpc) is 3.06. The van der Waals surface area contributed by atoms with Gasteiger partial charge in [-0.3, -0.25) is 9.52 Å². The van der Waals surface area contributed by atoms with E-state index in [0.717, 1.165) is 11.3 Å². The zero-order valence-corrected chi connectivity index (χ0v) is 16.1. The van der Waals surface area contributed by atoms with E-state index in [-0.39, 0.29) is 17.6 Å². The third kappa shape index (κ3) is 2.99. The number of nitrogens with one attached hydrogen (secondary N) is 1. The van der Waals surface area contributed by atoms with Crippen molar-refractivity contribution in [3.63, 3.8) is 0 Å². The molecule has 2 heterocycles. The second kappa shape index (κ2) is 5.88. The van der Waals surface area contributed by atoms with Gasteiger partial charge in [0.05, 0.1) is 10.6 Å². The van der Waals surface area contributed by atoms with Gasteiger partial charge in [0.1, 0.15) is 0 Å². The molecule has 0 aliphatic carbocycles. The van der Waals surface area contributed by atoms with Gasteiger partial charge in [-0.05, 0) is 35.9 Å². The number of ether oxygens (including phenoxy) is 2. The summed E-state index contributed by atoms with van der Waals surface area (Å²) in [5.41, 5.74) is 1.52. The zero-order chi connectivity index (χ0) is 19.4. The summed E-state index contributed by atoms with van der Waals surface area (Å²) in [6.45, 7) is 4.01. The lowest BCUT2D eigenvalue weighted by Crippen LogP contribution is -2.39. The number of carbonyl (C=O) groups is 1. The number of hydrogen-bond acceptors (Lipinski definition) is 5. The first kappa shape index (κ1) is 17.7. The number of rotatable bonds is 3. The monoisotopic (exact) mass is 388 g/mol. The fourth-order valence-electron chi connectivity index (χ4n) is 3.42. The normalized spacial score (nSPS) is 17.6. The van der Waals surface area contributed by atoms with E-state index < -0.39 is 15.4 Å². The quantitative estimate of drug-likeness (QED) is 0.874. The van der Waals surface area contributed by atoms with E-state index in [2.05, 4.69) is 4.72 Å². The predicted molar refractivity (Wildman–Crippen MR) is 101 cm³/mol. The molecule has 0 fully saturated rings. The van der Waals surface area contributed by atoms with E-state index in [9.17, 15) is 13.2 Å². The van der Waals surface area contributed by atoms with Crippen molar-refractivity contribution in [1.29, 1.82) is 0 Å². The van der Waals surface area contributed by atoms with Gasteiger partial charge in [-0.15, -0.1) is 0 Å². The number of nitrogens with zero attached hydrogens (tertiary/aromatic N) is 1. The molecular weight excluding hydrogens is 368 g/mol. The Morgan fingerprint density at radius 2 is 1.81 bits per heavy atom. The van der Waals surface area contributed by atoms with Crippen LogP contribution in [0.4, 0.5) is 11.4 Å². The van der Waals surface area contributed by atoms with Crippen molar-refractivity contribution in [2.24, 2.45) is 0 Å². The van der Waals surface area contributed by atoms with Crippen molar-refractivity contribution < 1.29 is 22.7 Å². The molecule has 0 atom stereocenters. The maximum atomic E-state index is 12.9. The van der Waals surface area contributed by atoms with Crippen molar-refractivity contribution in [2.75, 3.05) is 23.5 Å². The first-order valence-corrected chi connectivity index (χ1v) is 9.99. The summed E-state index contributed by atoms with van der Waals surface area (Å²) in [6, 6.07) is 9.72. The van der Waals surface area contributed by atoms with Gasteiger partial charge < -0.3 is 14.4 Å². The molecule has 2 aliphatic rings. The number of benzene rings is 2. The highest BCUT2D eigenvalue weighted by Crippen LogP contribution is 2.41. The lowest BCUT2D eigenvalue weighted by Gasteiger charge is -2.37. The second-order valence-electron chi connectivity index (χ2n) is 7.37. The van der Waals surface area contributed by atoms with Crippen LogP contribution in [-0.4, -0.2) is 28.2 Å². The molecule has 0 unspecified atom stereocenters. The van der Waals surface area contributed by atoms with Crippen LogP contribution in [0.3, 0.4) is 0 Å². The summed E-state index contributed by atoms with van der Waals surface area (Å²) in [4.78, 5) is 13.9. The molecule has 2 aromatic rings. The van der Waals surface area contributed by atoms with Crippen molar-refractivity contribution in [1.82, 2.24) is 0 Å². The standard InChI is InChI=1S/C19H20N2O5S/c1-19(2)10-18(22)21(3)15-6-5-13(9-14(15)19)27(23,24)20-12-4-7-16-17(8-12)26-11-25-16/h4-9,20H,10-11H2,1-3H3. The third-order valence-corrected chi connectivity index (χ3v) is 6.34. The highest BCUT2D eigenvalue weighted by atomic mass is 32.2. The smallest absolute Gasteiger partial charge is 0.261 e. The van der Waals surface area contributed by atoms with Crippen LogP contribution in [0.1, 0.15) is 25.8 Å². The molecule has 1 amide bonds. The lowest BCUT2D eigenvalue weighted by molar-refractivity contribution is -0.119. The lowest BCUT2D eigenvalue weighted by atomic mass is 9.77. The van der Waals surface area contributed by atoms with Crippen LogP contribution in [-0.2, 0) is 20.2 Å². The first-order chi connectivity index (χ1) is 12.7. The molecule has 2 aromatic carbocycles. The molecule has 4 rings (SSSR count). The Hall–Kier alpha value is -2.74. The summed E-state index contributed by atoms with van der Waals surface area (Å²) in [6.07, 6.45) is 0.329. The number of sulfonamides is 1. The van der Waals surface area contributed by atoms with Gasteiger partial charge in [0.15, 0.2) is 11.5 Å². The molecule has 142 valence electrons. The summed E-state index contributed by atoms with van der Waals surface area (Å²) in [5, 5.41) is 0. The van der Waals surface area contributed by atoms with Gasteiger partial charge in [0.2, 0.25) is 12.7 Å². The molecule has 0 saturated carbocycles. The highest BCUT2D eigenvalue weighted by molar-refractivity contribution is 7.92. The SMILES string of the molecule is CN1C(=O)CC(C)(C)c2cc(S(=O)(=O)Nc3ccc4c(c3)OCO4)ccc21. The molecule has 0 spiro atoms. The summed E-state index contributed by atoms with van der Waals surface area (Å²) in [5.74, 6) is 1.10. The summed E-state index contributed by atoms with van der Waals surface area (Å²) in [7, 11) is -2.09. The first-order valence-electron chi connectivity index (χ1n) is 8.51. The molecular formula is C19H20N2O5S. The Morgan fingerprint density at radius 1 is 1.07 bits per heavy atom. The van der Waals surface area contributed by atoms with Crippen LogP contribution >= 0.6 is 0 Å². The molecule has 1 N–H and O–H groups in total. The Balaban J connectivity index is 1.70. The molecule has 0 saturated heterocycles. The maximum Gasteiger partial charge on any atom is 0.261 e. The van der Waals surface area contributed by atoms with E-state index in [0.29, 0.717) is 23.6 Å². The van der Waals surface area contributed by atoms with Crippen LogP contribution < -0.4 is 19.1 Å². The van der Waals surface area contributed by atoms with Crippen LogP contribution in [0.25, 0.3) is 0 Å². The Labute approximate surface area is 157 Å². The Bertz CT molecular complexity index is 1050. The summed E-state index contributed by atoms with van der Waals surface area (Å²) >= 11 is 0. The van der Waals surface area contributed by atoms with Crippen molar-refractivity contribution >= 4 is 27.3 Å². The zero-order valence-electron chi connectivity index (χ0n) is 15.3. The van der Waals surface area contributed by atoms with Gasteiger partial charge in [0.25, 0.3) is 10.0 Å². The molecule has 8 heteroatoms. The molecule has 2 aliphatic heterocycles. The number of amides is 1. The topological polar surface area (TPSA) is 84.9 Å². The van der Waals surface area contributed by atoms with Crippen molar-refractivity contribution in [3.8, 4) is 11.5 Å². The number of hydrogen-bond donors (Lipinski definition) is 1. The van der Waals surface area contributed by atoms with E-state index in [4.69, 9.17) is 9.47 Å². The van der Waals surface area contributed by atoms with Crippen LogP contribution in [0.5, 0.6) is 11.5 Å². The Morgan fingerprint density at radius 3 is 2.59 bits per heavy atom. The minimum Gasteiger partial charge on any atom is -0.454 e. The fraction of sp³-hybridized carbons (Fsp3) is 0.316. The molecule has 7 nitrogen and oxygen atoms in total. The Kier molecular flexibility index (Phi) is 3.85. The van der Waals surface area contributed by atoms with E-state index >= 15 is 0 Å². The highest BCUT2D eigenvalue weighted by Gasteiger charge is 2.36. The van der Waals surface area contributed by atoms with Gasteiger partial charge in [-0.25, -0.2) is 8.42 Å². The van der Waals surface area contributed by atoms with Gasteiger partial charge in [-0.1, -0.05) is 13.8 Å². The molecule has 0 aromatic heterocycles. The van der Waals surface area contributed by atoms with Crippen LogP contribution in [0, 0.1) is 0 Å². The van der Waals surface area contributed by atoms with E-state index in [1.54, 1.807) is 42.3 Å². The average molecular weight is 388 g/mol. The summed E-state index contributed by atoms with van der Waals surface area (Å²) < 4.78 is 38.9. The molecule has 27 heavy (non-hydrogen) atoms. The van der Waals surface area contributed by atoms with Gasteiger partial charge in [0, 0.05) is 30.6 Å². The van der Waals surface area contributed by atoms with Gasteiger partial charge >= 0.3 is 0 Å². The number of anilines is 2. The minimum absolute atomic E-state index is 0.0154. The molecule has 0 radical (unpaired) electrons. The fourth-order valence-corrected chi connectivity index (χ4v) is 4.49. The number of fused-ring (bicyclic) bond motifs is 2. The van der Waals surface area contributed by atoms with Crippen molar-refractivity contribution in [2.45, 2.75) is 30.6 Å². The predicted octanol–water partition coefficient (Wildman–Crippen LogP) is 2.86. The van der Waals surface area contributed by atoms with Crippen LogP contribution in [0.15, 0.2) is 41.3 Å². The second-order valence-corrected chi connectivity index (χ2v) is 9.05.